The molecule has 2 aromatic rings. The summed E-state index contributed by atoms with van der Waals surface area (Å²) in [6.07, 6.45) is 0.750. The van der Waals surface area contributed by atoms with Gasteiger partial charge in [-0.1, -0.05) is 11.6 Å². The lowest BCUT2D eigenvalue weighted by Gasteiger charge is -2.34. The van der Waals surface area contributed by atoms with Crippen LogP contribution >= 0.6 is 22.9 Å². The minimum Gasteiger partial charge on any atom is -0.491 e. The van der Waals surface area contributed by atoms with E-state index in [0.29, 0.717) is 40.4 Å². The van der Waals surface area contributed by atoms with Gasteiger partial charge in [-0.3, -0.25) is 0 Å². The minimum absolute atomic E-state index is 0.0776. The highest BCUT2D eigenvalue weighted by Crippen LogP contribution is 2.31. The molecule has 1 fully saturated rings. The van der Waals surface area contributed by atoms with Gasteiger partial charge in [0.05, 0.1) is 24.9 Å². The fourth-order valence-corrected chi connectivity index (χ4v) is 3.72. The van der Waals surface area contributed by atoms with Crippen molar-refractivity contribution in [1.82, 2.24) is 9.88 Å². The second-order valence-corrected chi connectivity index (χ2v) is 9.41. The van der Waals surface area contributed by atoms with E-state index in [1.807, 2.05) is 20.8 Å². The largest absolute Gasteiger partial charge is 0.491 e. The van der Waals surface area contributed by atoms with E-state index in [-0.39, 0.29) is 18.3 Å². The molecule has 0 unspecified atom stereocenters. The Kier molecular flexibility index (Phi) is 6.84. The summed E-state index contributed by atoms with van der Waals surface area (Å²) in [6.45, 7) is 6.72. The average Bonchev–Trinajstić information content (AvgIpc) is 3.11. The van der Waals surface area contributed by atoms with Crippen LogP contribution in [-0.4, -0.2) is 65.1 Å². The number of morpholine rings is 1. The van der Waals surface area contributed by atoms with Crippen LogP contribution in [0.4, 0.5) is 4.79 Å². The number of ether oxygens (including phenoxy) is 3. The fraction of sp³-hybridized carbons (Fsp3) is 0.450. The maximum absolute atomic E-state index is 12.3. The molecule has 2 heterocycles. The first kappa shape index (κ1) is 22.3. The molecular weight excluding hydrogens is 432 g/mol. The van der Waals surface area contributed by atoms with Crippen molar-refractivity contribution in [3.63, 3.8) is 0 Å². The number of nitrogens with zero attached hydrogens (tertiary/aromatic N) is 2. The van der Waals surface area contributed by atoms with E-state index in [2.05, 4.69) is 4.98 Å². The fourth-order valence-electron chi connectivity index (χ4n) is 2.82. The van der Waals surface area contributed by atoms with Gasteiger partial charge in [0.15, 0.2) is 0 Å². The third kappa shape index (κ3) is 6.07. The molecule has 1 aliphatic rings. The first-order valence-corrected chi connectivity index (χ1v) is 10.5. The maximum atomic E-state index is 12.3. The molecule has 1 N–H and O–H groups in total. The second kappa shape index (κ2) is 9.20. The van der Waals surface area contributed by atoms with E-state index in [4.69, 9.17) is 25.8 Å². The van der Waals surface area contributed by atoms with E-state index < -0.39 is 17.7 Å². The van der Waals surface area contributed by atoms with Crippen LogP contribution in [0.2, 0.25) is 4.34 Å². The van der Waals surface area contributed by atoms with Crippen molar-refractivity contribution in [2.24, 2.45) is 0 Å². The number of hydrogen-bond acceptors (Lipinski definition) is 7. The zero-order valence-electron chi connectivity index (χ0n) is 16.9. The Hall–Kier alpha value is -2.36. The number of halogens is 1. The van der Waals surface area contributed by atoms with Gasteiger partial charge in [-0.2, -0.15) is 0 Å². The van der Waals surface area contributed by atoms with Crippen LogP contribution in [0.3, 0.4) is 0 Å². The van der Waals surface area contributed by atoms with E-state index in [1.54, 1.807) is 11.0 Å². The van der Waals surface area contributed by atoms with Gasteiger partial charge in [0, 0.05) is 12.1 Å². The van der Waals surface area contributed by atoms with Crippen molar-refractivity contribution in [3.8, 4) is 16.3 Å². The standard InChI is InChI=1S/C20H23ClN2O6S/c1-20(2,3)29-19(26)23-4-5-27-15(10-23)11-28-14-7-12(6-13(8-14)18(24)25)17-22-9-16(21)30-17/h6-9,15H,4-5,10-11H2,1-3H3,(H,24,25)/t15-/m1/s1. The molecule has 0 bridgehead atoms. The maximum Gasteiger partial charge on any atom is 0.410 e. The van der Waals surface area contributed by atoms with Crippen LogP contribution in [-0.2, 0) is 9.47 Å². The molecule has 1 atom stereocenters. The van der Waals surface area contributed by atoms with Gasteiger partial charge in [-0.25, -0.2) is 14.6 Å². The van der Waals surface area contributed by atoms with Crippen molar-refractivity contribution in [1.29, 1.82) is 0 Å². The smallest absolute Gasteiger partial charge is 0.410 e. The van der Waals surface area contributed by atoms with Gasteiger partial charge in [0.1, 0.15) is 33.4 Å². The highest BCUT2D eigenvalue weighted by atomic mass is 35.5. The summed E-state index contributed by atoms with van der Waals surface area (Å²) in [7, 11) is 0. The van der Waals surface area contributed by atoms with Crippen LogP contribution in [0, 0.1) is 0 Å². The molecule has 3 rings (SSSR count). The summed E-state index contributed by atoms with van der Waals surface area (Å²) >= 11 is 7.19. The van der Waals surface area contributed by atoms with Crippen LogP contribution in [0.5, 0.6) is 5.75 Å². The monoisotopic (exact) mass is 454 g/mol. The molecule has 8 nitrogen and oxygen atoms in total. The Morgan fingerprint density at radius 1 is 1.37 bits per heavy atom. The lowest BCUT2D eigenvalue weighted by Crippen LogP contribution is -2.49. The third-order valence-corrected chi connectivity index (χ3v) is 5.27. The number of carbonyl (C=O) groups is 2. The van der Waals surface area contributed by atoms with Crippen LogP contribution in [0.15, 0.2) is 24.4 Å². The van der Waals surface area contributed by atoms with Gasteiger partial charge in [0.2, 0.25) is 0 Å². The second-order valence-electron chi connectivity index (χ2n) is 7.75. The predicted molar refractivity (Wildman–Crippen MR) is 113 cm³/mol. The first-order valence-electron chi connectivity index (χ1n) is 9.33. The molecule has 1 amide bonds. The Morgan fingerprint density at radius 2 is 2.13 bits per heavy atom. The van der Waals surface area contributed by atoms with Gasteiger partial charge >= 0.3 is 12.1 Å². The molecule has 1 aromatic heterocycles. The SMILES string of the molecule is CC(C)(C)OC(=O)N1CCO[C@@H](COc2cc(C(=O)O)cc(-c3ncc(Cl)s3)c2)C1. The summed E-state index contributed by atoms with van der Waals surface area (Å²) < 4.78 is 17.4. The molecular formula is C20H23ClN2O6S. The van der Waals surface area contributed by atoms with E-state index in [0.717, 1.165) is 0 Å². The van der Waals surface area contributed by atoms with E-state index in [1.165, 1.54) is 29.7 Å². The third-order valence-electron chi connectivity index (χ3n) is 4.10. The number of hydrogen-bond donors (Lipinski definition) is 1. The number of carbonyl (C=O) groups excluding carboxylic acids is 1. The topological polar surface area (TPSA) is 98.2 Å². The molecule has 0 saturated carbocycles. The molecule has 1 saturated heterocycles. The van der Waals surface area contributed by atoms with Crippen LogP contribution in [0.1, 0.15) is 31.1 Å². The number of rotatable bonds is 5. The number of thiazole rings is 1. The Labute approximate surface area is 183 Å². The summed E-state index contributed by atoms with van der Waals surface area (Å²) in [5, 5.41) is 10.0. The van der Waals surface area contributed by atoms with Crippen molar-refractivity contribution >= 4 is 35.0 Å². The number of carboxylic acid groups (broad SMARTS) is 1. The highest BCUT2D eigenvalue weighted by molar-refractivity contribution is 7.18. The van der Waals surface area contributed by atoms with Gasteiger partial charge < -0.3 is 24.2 Å². The molecule has 10 heteroatoms. The quantitative estimate of drug-likeness (QED) is 0.723. The molecule has 30 heavy (non-hydrogen) atoms. The van der Waals surface area contributed by atoms with Crippen molar-refractivity contribution in [2.45, 2.75) is 32.5 Å². The number of carboxylic acids is 1. The number of benzene rings is 1. The molecule has 1 aromatic carbocycles. The number of amides is 1. The Morgan fingerprint density at radius 3 is 2.77 bits per heavy atom. The minimum atomic E-state index is -1.07. The van der Waals surface area contributed by atoms with Crippen molar-refractivity contribution < 1.29 is 28.9 Å². The van der Waals surface area contributed by atoms with Crippen LogP contribution < -0.4 is 4.74 Å². The summed E-state index contributed by atoms with van der Waals surface area (Å²) in [4.78, 5) is 29.6. The van der Waals surface area contributed by atoms with Crippen molar-refractivity contribution in [2.75, 3.05) is 26.3 Å². The number of aromatic nitrogens is 1. The lowest BCUT2D eigenvalue weighted by atomic mass is 10.1. The Bertz CT molecular complexity index is 926. The summed E-state index contributed by atoms with van der Waals surface area (Å²) in [5.74, 6) is -0.705. The number of aromatic carboxylic acids is 1. The Balaban J connectivity index is 1.68. The van der Waals surface area contributed by atoms with Crippen LogP contribution in [0.25, 0.3) is 10.6 Å². The summed E-state index contributed by atoms with van der Waals surface area (Å²) in [6, 6.07) is 4.66. The highest BCUT2D eigenvalue weighted by Gasteiger charge is 2.28. The molecule has 0 spiro atoms. The average molecular weight is 455 g/mol. The van der Waals surface area contributed by atoms with E-state index >= 15 is 0 Å². The first-order chi connectivity index (χ1) is 14.1. The van der Waals surface area contributed by atoms with E-state index in [9.17, 15) is 14.7 Å². The molecule has 0 radical (unpaired) electrons. The molecule has 1 aliphatic heterocycles. The normalized spacial score (nSPS) is 16.9. The van der Waals surface area contributed by atoms with Gasteiger partial charge in [-0.05, 0) is 39.0 Å². The molecule has 162 valence electrons. The zero-order chi connectivity index (χ0) is 21.9. The van der Waals surface area contributed by atoms with Crippen molar-refractivity contribution in [3.05, 3.63) is 34.3 Å². The van der Waals surface area contributed by atoms with Gasteiger partial charge in [-0.15, -0.1) is 11.3 Å². The summed E-state index contributed by atoms with van der Waals surface area (Å²) in [5.41, 5.74) is 0.101. The zero-order valence-corrected chi connectivity index (χ0v) is 18.5. The lowest BCUT2D eigenvalue weighted by molar-refractivity contribution is -0.0557. The predicted octanol–water partition coefficient (Wildman–Crippen LogP) is 4.18. The molecule has 0 aliphatic carbocycles. The van der Waals surface area contributed by atoms with Gasteiger partial charge in [0.25, 0.3) is 0 Å².